The lowest BCUT2D eigenvalue weighted by Crippen LogP contribution is -2.30. The number of ether oxygens (including phenoxy) is 4. The third kappa shape index (κ3) is 63.2. The monoisotopic (exact) mass is 1310 g/mol. The Labute approximate surface area is 543 Å². The van der Waals surface area contributed by atoms with E-state index in [0.717, 1.165) is 108 Å². The van der Waals surface area contributed by atoms with Crippen molar-refractivity contribution in [3.8, 4) is 0 Å². The standard InChI is InChI=1S/C70H136O17P2/c1-9-63(8)49-41-33-28-29-37-45-53-70(75)87-66(57-81-68(73)51-43-35-26-20-19-23-31-39-47-61(4)5)59-85-89(78,79)83-55-64(71)54-82-88(76,77)84-58-65(86-69(74)52-44-36-27-21-24-32-40-48-62(6)7)56-80-67(72)50-42-34-25-18-16-14-12-10-11-13-15-17-22-30-38-46-60(2)3/h60-66,71H,9-59H2,1-8H3,(H,76,77)(H,78,79)/t63?,64?,65-,66-/m1/s1. The minimum atomic E-state index is -4.95. The second-order valence-electron chi connectivity index (χ2n) is 26.9. The summed E-state index contributed by atoms with van der Waals surface area (Å²) in [6, 6.07) is 0. The van der Waals surface area contributed by atoms with Crippen LogP contribution >= 0.6 is 15.6 Å². The molecule has 0 aliphatic heterocycles. The summed E-state index contributed by atoms with van der Waals surface area (Å²) in [5, 5.41) is 10.6. The molecule has 0 aliphatic carbocycles. The average Bonchev–Trinajstić information content (AvgIpc) is 3.69. The molecule has 3 N–H and O–H groups in total. The van der Waals surface area contributed by atoms with E-state index in [2.05, 4.69) is 55.4 Å². The van der Waals surface area contributed by atoms with E-state index in [1.54, 1.807) is 0 Å². The molecule has 4 unspecified atom stereocenters. The summed E-state index contributed by atoms with van der Waals surface area (Å²) >= 11 is 0. The van der Waals surface area contributed by atoms with Gasteiger partial charge >= 0.3 is 39.5 Å². The van der Waals surface area contributed by atoms with Crippen molar-refractivity contribution in [3.63, 3.8) is 0 Å². The Bertz CT molecular complexity index is 1770. The second-order valence-corrected chi connectivity index (χ2v) is 29.8. The molecule has 0 fully saturated rings. The van der Waals surface area contributed by atoms with E-state index in [9.17, 15) is 43.2 Å². The molecule has 0 saturated heterocycles. The number of phosphoric acid groups is 2. The zero-order chi connectivity index (χ0) is 66.1. The fraction of sp³-hybridized carbons (Fsp3) is 0.943. The second kappa shape index (κ2) is 59.8. The number of phosphoric ester groups is 2. The van der Waals surface area contributed by atoms with Crippen LogP contribution in [0, 0.1) is 23.7 Å². The van der Waals surface area contributed by atoms with Gasteiger partial charge in [0.05, 0.1) is 26.4 Å². The lowest BCUT2D eigenvalue weighted by Gasteiger charge is -2.21. The van der Waals surface area contributed by atoms with Gasteiger partial charge in [-0.3, -0.25) is 37.3 Å². The van der Waals surface area contributed by atoms with Gasteiger partial charge in [-0.2, -0.15) is 0 Å². The summed E-state index contributed by atoms with van der Waals surface area (Å²) in [5.41, 5.74) is 0. The number of unbranched alkanes of at least 4 members (excludes halogenated alkanes) is 32. The highest BCUT2D eigenvalue weighted by Crippen LogP contribution is 2.45. The van der Waals surface area contributed by atoms with Gasteiger partial charge in [-0.15, -0.1) is 0 Å². The summed E-state index contributed by atoms with van der Waals surface area (Å²) in [6.07, 6.45) is 41.9. The highest BCUT2D eigenvalue weighted by Gasteiger charge is 2.30. The van der Waals surface area contributed by atoms with Crippen molar-refractivity contribution in [2.75, 3.05) is 39.6 Å². The average molecular weight is 1310 g/mol. The molecule has 0 aromatic carbocycles. The Balaban J connectivity index is 5.19. The van der Waals surface area contributed by atoms with Gasteiger partial charge in [0, 0.05) is 25.7 Å². The topological polar surface area (TPSA) is 237 Å². The Hall–Kier alpha value is -1.94. The first-order valence-corrected chi connectivity index (χ1v) is 39.2. The van der Waals surface area contributed by atoms with E-state index in [4.69, 9.17) is 37.0 Å². The number of aliphatic hydroxyl groups excluding tert-OH is 1. The van der Waals surface area contributed by atoms with Crippen molar-refractivity contribution in [2.45, 2.75) is 363 Å². The zero-order valence-electron chi connectivity index (χ0n) is 58.1. The quantitative estimate of drug-likeness (QED) is 0.0222. The van der Waals surface area contributed by atoms with Crippen LogP contribution in [0.4, 0.5) is 0 Å². The van der Waals surface area contributed by atoms with Crippen LogP contribution in [-0.2, 0) is 65.4 Å². The Kier molecular flexibility index (Phi) is 58.5. The third-order valence-electron chi connectivity index (χ3n) is 16.4. The third-order valence-corrected chi connectivity index (χ3v) is 18.3. The highest BCUT2D eigenvalue weighted by atomic mass is 31.2. The van der Waals surface area contributed by atoms with Crippen LogP contribution in [0.5, 0.6) is 0 Å². The number of carbonyl (C=O) groups excluding carboxylic acids is 4. The van der Waals surface area contributed by atoms with Gasteiger partial charge in [-0.05, 0) is 49.4 Å². The molecule has 0 bridgehead atoms. The van der Waals surface area contributed by atoms with Crippen LogP contribution in [0.3, 0.4) is 0 Å². The molecule has 0 radical (unpaired) electrons. The molecule has 6 atom stereocenters. The maximum atomic E-state index is 13.0. The molecule has 0 amide bonds. The molecular weight excluding hydrogens is 1170 g/mol. The van der Waals surface area contributed by atoms with E-state index in [1.165, 1.54) is 148 Å². The smallest absolute Gasteiger partial charge is 0.462 e. The first kappa shape index (κ1) is 87.1. The molecule has 0 aliphatic rings. The van der Waals surface area contributed by atoms with E-state index in [-0.39, 0.29) is 25.7 Å². The van der Waals surface area contributed by atoms with Crippen molar-refractivity contribution in [2.24, 2.45) is 23.7 Å². The fourth-order valence-electron chi connectivity index (χ4n) is 10.5. The van der Waals surface area contributed by atoms with Gasteiger partial charge in [0.25, 0.3) is 0 Å². The van der Waals surface area contributed by atoms with Gasteiger partial charge in [0.2, 0.25) is 0 Å². The van der Waals surface area contributed by atoms with E-state index in [1.807, 2.05) is 0 Å². The molecule has 0 aromatic heterocycles. The van der Waals surface area contributed by atoms with E-state index in [0.29, 0.717) is 31.6 Å². The molecule has 89 heavy (non-hydrogen) atoms. The van der Waals surface area contributed by atoms with Crippen molar-refractivity contribution >= 4 is 39.5 Å². The van der Waals surface area contributed by atoms with Crippen LogP contribution in [0.25, 0.3) is 0 Å². The number of carbonyl (C=O) groups is 4. The summed E-state index contributed by atoms with van der Waals surface area (Å²) in [6.45, 7) is 14.0. The van der Waals surface area contributed by atoms with Crippen LogP contribution in [0.15, 0.2) is 0 Å². The Morgan fingerprint density at radius 2 is 0.539 bits per heavy atom. The molecule has 0 heterocycles. The molecular formula is C70H136O17P2. The maximum absolute atomic E-state index is 13.0. The van der Waals surface area contributed by atoms with Crippen LogP contribution in [0.2, 0.25) is 0 Å². The molecule has 19 heteroatoms. The minimum Gasteiger partial charge on any atom is -0.462 e. The molecule has 0 aromatic rings. The van der Waals surface area contributed by atoms with Crippen LogP contribution in [-0.4, -0.2) is 96.7 Å². The van der Waals surface area contributed by atoms with Crippen molar-refractivity contribution in [1.82, 2.24) is 0 Å². The lowest BCUT2D eigenvalue weighted by molar-refractivity contribution is -0.161. The Morgan fingerprint density at radius 3 is 0.798 bits per heavy atom. The van der Waals surface area contributed by atoms with E-state index >= 15 is 0 Å². The fourth-order valence-corrected chi connectivity index (χ4v) is 12.0. The molecule has 0 spiro atoms. The van der Waals surface area contributed by atoms with Gasteiger partial charge in [-0.1, -0.05) is 293 Å². The van der Waals surface area contributed by atoms with Crippen molar-refractivity contribution in [1.29, 1.82) is 0 Å². The summed E-state index contributed by atoms with van der Waals surface area (Å²) < 4.78 is 68.2. The number of esters is 4. The normalized spacial score (nSPS) is 14.6. The summed E-state index contributed by atoms with van der Waals surface area (Å²) in [7, 11) is -9.90. The maximum Gasteiger partial charge on any atom is 0.472 e. The minimum absolute atomic E-state index is 0.102. The van der Waals surface area contributed by atoms with Crippen LogP contribution < -0.4 is 0 Å². The molecule has 0 saturated carbocycles. The first-order valence-electron chi connectivity index (χ1n) is 36.2. The molecule has 0 rings (SSSR count). The number of hydrogen-bond donors (Lipinski definition) is 3. The van der Waals surface area contributed by atoms with Gasteiger partial charge in [0.1, 0.15) is 19.3 Å². The zero-order valence-corrected chi connectivity index (χ0v) is 59.8. The highest BCUT2D eigenvalue weighted by molar-refractivity contribution is 7.47. The largest absolute Gasteiger partial charge is 0.472 e. The lowest BCUT2D eigenvalue weighted by atomic mass is 10.00. The SMILES string of the molecule is CCC(C)CCCCCCCCC(=O)O[C@H](COC(=O)CCCCCCCCCCC(C)C)COP(=O)(O)OCC(O)COP(=O)(O)OC[C@@H](COC(=O)CCCCCCCCCCCCCCCCCC(C)C)OC(=O)CCCCCCCCCC(C)C. The molecule has 17 nitrogen and oxygen atoms in total. The predicted octanol–water partition coefficient (Wildman–Crippen LogP) is 19.7. The van der Waals surface area contributed by atoms with Crippen molar-refractivity contribution < 1.29 is 80.2 Å². The van der Waals surface area contributed by atoms with Gasteiger partial charge < -0.3 is 33.8 Å². The first-order chi connectivity index (χ1) is 42.6. The van der Waals surface area contributed by atoms with Gasteiger partial charge in [0.15, 0.2) is 12.2 Å². The van der Waals surface area contributed by atoms with E-state index < -0.39 is 97.5 Å². The molecule has 528 valence electrons. The number of rotatable bonds is 67. The van der Waals surface area contributed by atoms with Gasteiger partial charge in [-0.25, -0.2) is 9.13 Å². The Morgan fingerprint density at radius 1 is 0.315 bits per heavy atom. The van der Waals surface area contributed by atoms with Crippen LogP contribution in [0.1, 0.15) is 344 Å². The number of aliphatic hydroxyl groups is 1. The predicted molar refractivity (Wildman–Crippen MR) is 358 cm³/mol. The summed E-state index contributed by atoms with van der Waals surface area (Å²) in [5.74, 6) is 0.814. The number of hydrogen-bond acceptors (Lipinski definition) is 15. The summed E-state index contributed by atoms with van der Waals surface area (Å²) in [4.78, 5) is 72.5. The van der Waals surface area contributed by atoms with Crippen molar-refractivity contribution in [3.05, 3.63) is 0 Å².